The van der Waals surface area contributed by atoms with Gasteiger partial charge in [0.25, 0.3) is 0 Å². The van der Waals surface area contributed by atoms with Gasteiger partial charge in [0.15, 0.2) is 0 Å². The summed E-state index contributed by atoms with van der Waals surface area (Å²) < 4.78 is 1.64. The Labute approximate surface area is 92.2 Å². The van der Waals surface area contributed by atoms with Gasteiger partial charge in [-0.3, -0.25) is 4.68 Å². The molecule has 0 aliphatic rings. The second kappa shape index (κ2) is 3.75. The van der Waals surface area contributed by atoms with Gasteiger partial charge in [0, 0.05) is 24.5 Å². The van der Waals surface area contributed by atoms with Gasteiger partial charge in [0.2, 0.25) is 0 Å². The van der Waals surface area contributed by atoms with E-state index < -0.39 is 5.60 Å². The Kier molecular flexibility index (Phi) is 2.58. The number of rotatable bonds is 3. The number of hydrogen-bond acceptors (Lipinski definition) is 4. The maximum atomic E-state index is 10.3. The van der Waals surface area contributed by atoms with E-state index in [0.717, 1.165) is 10.6 Å². The summed E-state index contributed by atoms with van der Waals surface area (Å²) in [5, 5.41) is 20.0. The van der Waals surface area contributed by atoms with E-state index in [4.69, 9.17) is 0 Å². The predicted molar refractivity (Wildman–Crippen MR) is 58.6 cm³/mol. The molecule has 0 aliphatic heterocycles. The predicted octanol–water partition coefficient (Wildman–Crippen LogP) is 1.33. The molecule has 5 heteroatoms. The number of aryl methyl sites for hydroxylation is 1. The lowest BCUT2D eigenvalue weighted by Crippen LogP contribution is -2.23. The van der Waals surface area contributed by atoms with Crippen LogP contribution in [0.1, 0.15) is 17.5 Å². The number of aliphatic hydroxyl groups is 1. The standard InChI is InChI=1S/C10H13N3OS/c1-10(14,9-4-3-5-15-9)6-8-7-13(2)12-11-8/h3-5,7,14H,6H2,1-2H3. The number of aromatic nitrogens is 3. The summed E-state index contributed by atoms with van der Waals surface area (Å²) in [4.78, 5) is 0.952. The molecule has 1 unspecified atom stereocenters. The first kappa shape index (κ1) is 10.3. The molecule has 1 atom stereocenters. The van der Waals surface area contributed by atoms with Gasteiger partial charge in [0.05, 0.1) is 5.69 Å². The lowest BCUT2D eigenvalue weighted by atomic mass is 9.99. The summed E-state index contributed by atoms with van der Waals surface area (Å²) in [7, 11) is 1.82. The topological polar surface area (TPSA) is 50.9 Å². The van der Waals surface area contributed by atoms with Crippen LogP contribution in [-0.4, -0.2) is 20.1 Å². The van der Waals surface area contributed by atoms with Crippen molar-refractivity contribution in [3.05, 3.63) is 34.3 Å². The molecule has 0 radical (unpaired) electrons. The summed E-state index contributed by atoms with van der Waals surface area (Å²) in [6, 6.07) is 3.87. The van der Waals surface area contributed by atoms with Crippen LogP contribution in [0.5, 0.6) is 0 Å². The molecule has 0 bridgehead atoms. The monoisotopic (exact) mass is 223 g/mol. The third-order valence-corrected chi connectivity index (χ3v) is 3.35. The van der Waals surface area contributed by atoms with Crippen LogP contribution < -0.4 is 0 Å². The van der Waals surface area contributed by atoms with Gasteiger partial charge in [-0.1, -0.05) is 11.3 Å². The average molecular weight is 223 g/mol. The Morgan fingerprint density at radius 2 is 2.40 bits per heavy atom. The van der Waals surface area contributed by atoms with Crippen molar-refractivity contribution >= 4 is 11.3 Å². The van der Waals surface area contributed by atoms with Gasteiger partial charge in [-0.25, -0.2) is 0 Å². The molecule has 4 nitrogen and oxygen atoms in total. The highest BCUT2D eigenvalue weighted by molar-refractivity contribution is 7.10. The second-order valence-electron chi connectivity index (χ2n) is 3.81. The van der Waals surface area contributed by atoms with Gasteiger partial charge >= 0.3 is 0 Å². The maximum absolute atomic E-state index is 10.3. The molecule has 0 amide bonds. The molecule has 0 saturated carbocycles. The van der Waals surface area contributed by atoms with E-state index in [1.807, 2.05) is 30.8 Å². The van der Waals surface area contributed by atoms with Gasteiger partial charge in [-0.05, 0) is 18.4 Å². The Morgan fingerprint density at radius 1 is 1.60 bits per heavy atom. The summed E-state index contributed by atoms with van der Waals surface area (Å²) in [6.07, 6.45) is 2.31. The third kappa shape index (κ3) is 2.24. The van der Waals surface area contributed by atoms with E-state index in [-0.39, 0.29) is 0 Å². The van der Waals surface area contributed by atoms with E-state index in [9.17, 15) is 5.11 Å². The van der Waals surface area contributed by atoms with Crippen LogP contribution in [0.3, 0.4) is 0 Å². The van der Waals surface area contributed by atoms with Crippen molar-refractivity contribution < 1.29 is 5.11 Å². The molecule has 0 aliphatic carbocycles. The van der Waals surface area contributed by atoms with Crippen LogP contribution in [0, 0.1) is 0 Å². The molecule has 80 valence electrons. The molecule has 15 heavy (non-hydrogen) atoms. The Hall–Kier alpha value is -1.20. The number of hydrogen-bond donors (Lipinski definition) is 1. The minimum absolute atomic E-state index is 0.487. The van der Waals surface area contributed by atoms with E-state index in [1.165, 1.54) is 0 Å². The first-order valence-electron chi connectivity index (χ1n) is 4.69. The Bertz CT molecular complexity index is 433. The summed E-state index contributed by atoms with van der Waals surface area (Å²) in [5.41, 5.74) is -0.0552. The van der Waals surface area contributed by atoms with E-state index in [2.05, 4.69) is 10.3 Å². The van der Waals surface area contributed by atoms with Gasteiger partial charge < -0.3 is 5.11 Å². The molecule has 2 rings (SSSR count). The van der Waals surface area contributed by atoms with Crippen molar-refractivity contribution in [2.75, 3.05) is 0 Å². The first-order valence-corrected chi connectivity index (χ1v) is 5.57. The van der Waals surface area contributed by atoms with Crippen LogP contribution in [-0.2, 0) is 19.1 Å². The van der Waals surface area contributed by atoms with E-state index >= 15 is 0 Å². The van der Waals surface area contributed by atoms with Crippen molar-refractivity contribution in [1.82, 2.24) is 15.0 Å². The Morgan fingerprint density at radius 3 is 2.93 bits per heavy atom. The molecule has 1 N–H and O–H groups in total. The molecule has 0 aromatic carbocycles. The molecule has 0 fully saturated rings. The van der Waals surface area contributed by atoms with Crippen molar-refractivity contribution in [3.63, 3.8) is 0 Å². The zero-order chi connectivity index (χ0) is 10.9. The van der Waals surface area contributed by atoms with Crippen LogP contribution in [0.25, 0.3) is 0 Å². The van der Waals surface area contributed by atoms with E-state index in [1.54, 1.807) is 22.9 Å². The van der Waals surface area contributed by atoms with Crippen molar-refractivity contribution in [2.24, 2.45) is 7.05 Å². The number of nitrogens with zero attached hydrogens (tertiary/aromatic N) is 3. The van der Waals surface area contributed by atoms with E-state index in [0.29, 0.717) is 6.42 Å². The largest absolute Gasteiger partial charge is 0.384 e. The molecular formula is C10H13N3OS. The van der Waals surface area contributed by atoms with Gasteiger partial charge in [-0.2, -0.15) is 0 Å². The highest BCUT2D eigenvalue weighted by atomic mass is 32.1. The minimum Gasteiger partial charge on any atom is -0.384 e. The van der Waals surface area contributed by atoms with Crippen LogP contribution >= 0.6 is 11.3 Å². The lowest BCUT2D eigenvalue weighted by molar-refractivity contribution is 0.0604. The molecule has 2 aromatic rings. The minimum atomic E-state index is -0.857. The summed E-state index contributed by atoms with van der Waals surface area (Å²) in [6.45, 7) is 1.80. The maximum Gasteiger partial charge on any atom is 0.102 e. The fourth-order valence-corrected chi connectivity index (χ4v) is 2.29. The lowest BCUT2D eigenvalue weighted by Gasteiger charge is -2.20. The summed E-state index contributed by atoms with van der Waals surface area (Å²) in [5.74, 6) is 0. The fraction of sp³-hybridized carbons (Fsp3) is 0.400. The normalized spacial score (nSPS) is 15.1. The smallest absolute Gasteiger partial charge is 0.102 e. The zero-order valence-corrected chi connectivity index (χ0v) is 9.53. The third-order valence-electron chi connectivity index (χ3n) is 2.23. The molecular weight excluding hydrogens is 210 g/mol. The Balaban J connectivity index is 2.18. The average Bonchev–Trinajstić information content (AvgIpc) is 2.75. The van der Waals surface area contributed by atoms with Gasteiger partial charge in [-0.15, -0.1) is 16.4 Å². The zero-order valence-electron chi connectivity index (χ0n) is 8.71. The van der Waals surface area contributed by atoms with Crippen LogP contribution in [0.2, 0.25) is 0 Å². The molecule has 2 aromatic heterocycles. The number of thiophene rings is 1. The highest BCUT2D eigenvalue weighted by Gasteiger charge is 2.25. The molecule has 0 spiro atoms. The van der Waals surface area contributed by atoms with Crippen molar-refractivity contribution in [2.45, 2.75) is 18.9 Å². The molecule has 2 heterocycles. The van der Waals surface area contributed by atoms with Crippen LogP contribution in [0.15, 0.2) is 23.7 Å². The first-order chi connectivity index (χ1) is 7.08. The molecule has 0 saturated heterocycles. The van der Waals surface area contributed by atoms with Crippen molar-refractivity contribution in [1.29, 1.82) is 0 Å². The summed E-state index contributed by atoms with van der Waals surface area (Å²) >= 11 is 1.55. The quantitative estimate of drug-likeness (QED) is 0.854. The van der Waals surface area contributed by atoms with Gasteiger partial charge in [0.1, 0.15) is 5.60 Å². The fourth-order valence-electron chi connectivity index (χ4n) is 1.50. The second-order valence-corrected chi connectivity index (χ2v) is 4.76. The highest BCUT2D eigenvalue weighted by Crippen LogP contribution is 2.28. The SMILES string of the molecule is Cn1cc(CC(C)(O)c2cccs2)nn1. The van der Waals surface area contributed by atoms with Crippen molar-refractivity contribution in [3.8, 4) is 0 Å². The van der Waals surface area contributed by atoms with Crippen LogP contribution in [0.4, 0.5) is 0 Å².